The van der Waals surface area contributed by atoms with E-state index in [0.717, 1.165) is 17.1 Å². The van der Waals surface area contributed by atoms with Crippen LogP contribution in [0.4, 0.5) is 0 Å². The topological polar surface area (TPSA) is 77.0 Å². The number of amides is 1. The number of aromatic nitrogens is 3. The second-order valence-electron chi connectivity index (χ2n) is 5.40. The third-order valence-corrected chi connectivity index (χ3v) is 4.39. The van der Waals surface area contributed by atoms with Gasteiger partial charge in [0.15, 0.2) is 5.82 Å². The number of hydrogen-bond acceptors (Lipinski definition) is 6. The average Bonchev–Trinajstić information content (AvgIpc) is 3.23. The van der Waals surface area contributed by atoms with Crippen molar-refractivity contribution in [2.45, 2.75) is 19.1 Å². The maximum Gasteiger partial charge on any atom is 0.255 e. The van der Waals surface area contributed by atoms with Crippen LogP contribution in [0.2, 0.25) is 0 Å². The summed E-state index contributed by atoms with van der Waals surface area (Å²) < 4.78 is 5.68. The lowest BCUT2D eigenvalue weighted by Crippen LogP contribution is -2.21. The molecule has 1 unspecified atom stereocenters. The van der Waals surface area contributed by atoms with Crippen LogP contribution in [0.15, 0.2) is 47.4 Å². The van der Waals surface area contributed by atoms with Crippen LogP contribution in [0, 0.1) is 0 Å². The molecule has 1 atom stereocenters. The van der Waals surface area contributed by atoms with E-state index < -0.39 is 0 Å². The minimum atomic E-state index is -0.173. The van der Waals surface area contributed by atoms with Gasteiger partial charge < -0.3 is 10.1 Å². The van der Waals surface area contributed by atoms with E-state index in [0.29, 0.717) is 17.8 Å². The van der Waals surface area contributed by atoms with Gasteiger partial charge >= 0.3 is 0 Å². The fourth-order valence-electron chi connectivity index (χ4n) is 2.61. The Morgan fingerprint density at radius 1 is 1.21 bits per heavy atom. The number of carbonyl (C=O) groups is 1. The van der Waals surface area contributed by atoms with Crippen LogP contribution in [0.1, 0.15) is 33.6 Å². The van der Waals surface area contributed by atoms with Gasteiger partial charge in [-0.1, -0.05) is 18.2 Å². The van der Waals surface area contributed by atoms with Crippen LogP contribution in [0.3, 0.4) is 0 Å². The summed E-state index contributed by atoms with van der Waals surface area (Å²) in [6.45, 7) is 0.259. The van der Waals surface area contributed by atoms with Gasteiger partial charge in [0.2, 0.25) is 0 Å². The maximum atomic E-state index is 12.1. The van der Waals surface area contributed by atoms with E-state index in [9.17, 15) is 4.79 Å². The second kappa shape index (κ2) is 6.37. The number of nitrogens with zero attached hydrogens (tertiary/aromatic N) is 3. The molecule has 2 aromatic heterocycles. The van der Waals surface area contributed by atoms with Crippen LogP contribution in [0.5, 0.6) is 5.75 Å². The highest BCUT2D eigenvalue weighted by atomic mass is 32.1. The number of nitrogens with one attached hydrogen (secondary N) is 1. The molecule has 0 saturated heterocycles. The molecule has 0 bridgehead atoms. The standard InChI is InChI=1S/C17H14N4O2S/c22-17-13-7-18-15(8-23-12-4-2-1-3-5-12)21-16(13)14(20-17)6-11-9-24-10-19-11/h1-5,7,9-10,14H,6,8H2,(H,20,22). The molecule has 1 aromatic carbocycles. The van der Waals surface area contributed by atoms with Crippen molar-refractivity contribution >= 4 is 17.2 Å². The van der Waals surface area contributed by atoms with Gasteiger partial charge in [0.25, 0.3) is 5.91 Å². The van der Waals surface area contributed by atoms with E-state index in [2.05, 4.69) is 20.3 Å². The second-order valence-corrected chi connectivity index (χ2v) is 6.12. The molecule has 0 radical (unpaired) electrons. The first-order valence-corrected chi connectivity index (χ1v) is 8.45. The fraction of sp³-hybridized carbons (Fsp3) is 0.176. The van der Waals surface area contributed by atoms with Crippen molar-refractivity contribution in [3.05, 3.63) is 70.2 Å². The molecule has 0 aliphatic carbocycles. The molecular formula is C17H14N4O2S. The molecule has 1 N–H and O–H groups in total. The van der Waals surface area contributed by atoms with E-state index in [4.69, 9.17) is 4.74 Å². The molecule has 120 valence electrons. The van der Waals surface area contributed by atoms with Gasteiger partial charge in [-0.3, -0.25) is 4.79 Å². The smallest absolute Gasteiger partial charge is 0.255 e. The summed E-state index contributed by atoms with van der Waals surface area (Å²) in [5.41, 5.74) is 3.97. The largest absolute Gasteiger partial charge is 0.486 e. The molecule has 7 heteroatoms. The molecule has 24 heavy (non-hydrogen) atoms. The van der Waals surface area contributed by atoms with E-state index >= 15 is 0 Å². The van der Waals surface area contributed by atoms with Crippen LogP contribution in [-0.2, 0) is 13.0 Å². The molecule has 3 aromatic rings. The highest BCUT2D eigenvalue weighted by Crippen LogP contribution is 2.26. The van der Waals surface area contributed by atoms with Crippen molar-refractivity contribution < 1.29 is 9.53 Å². The first-order valence-electron chi connectivity index (χ1n) is 7.51. The molecule has 0 saturated carbocycles. The summed E-state index contributed by atoms with van der Waals surface area (Å²) in [5, 5.41) is 4.92. The molecule has 4 rings (SSSR count). The number of benzene rings is 1. The van der Waals surface area contributed by atoms with Crippen LogP contribution < -0.4 is 10.1 Å². The number of carbonyl (C=O) groups excluding carboxylic acids is 1. The number of thiazole rings is 1. The average molecular weight is 338 g/mol. The molecule has 3 heterocycles. The van der Waals surface area contributed by atoms with E-state index in [1.54, 1.807) is 11.7 Å². The molecule has 0 fully saturated rings. The van der Waals surface area contributed by atoms with Crippen LogP contribution >= 0.6 is 11.3 Å². The lowest BCUT2D eigenvalue weighted by atomic mass is 10.1. The summed E-state index contributed by atoms with van der Waals surface area (Å²) >= 11 is 1.54. The number of fused-ring (bicyclic) bond motifs is 1. The van der Waals surface area contributed by atoms with Gasteiger partial charge in [-0.2, -0.15) is 0 Å². The Bertz CT molecular complexity index is 852. The van der Waals surface area contributed by atoms with E-state index in [-0.39, 0.29) is 18.6 Å². The van der Waals surface area contributed by atoms with Crippen molar-refractivity contribution in [2.75, 3.05) is 0 Å². The minimum Gasteiger partial charge on any atom is -0.486 e. The first kappa shape index (κ1) is 14.8. The van der Waals surface area contributed by atoms with Crippen LogP contribution in [-0.4, -0.2) is 20.9 Å². The van der Waals surface area contributed by atoms with Gasteiger partial charge in [0.05, 0.1) is 28.5 Å². The molecular weight excluding hydrogens is 324 g/mol. The predicted molar refractivity (Wildman–Crippen MR) is 88.8 cm³/mol. The Balaban J connectivity index is 1.53. The zero-order valence-corrected chi connectivity index (χ0v) is 13.5. The van der Waals surface area contributed by atoms with Gasteiger partial charge in [0, 0.05) is 18.0 Å². The predicted octanol–water partition coefficient (Wildman–Crippen LogP) is 2.54. The van der Waals surface area contributed by atoms with Crippen molar-refractivity contribution in [1.29, 1.82) is 0 Å². The van der Waals surface area contributed by atoms with Gasteiger partial charge in [-0.25, -0.2) is 15.0 Å². The normalized spacial score (nSPS) is 15.8. The number of rotatable bonds is 5. The Labute approximate surface area is 142 Å². The zero-order valence-electron chi connectivity index (χ0n) is 12.7. The quantitative estimate of drug-likeness (QED) is 0.773. The summed E-state index contributed by atoms with van der Waals surface area (Å²) in [6, 6.07) is 9.33. The SMILES string of the molecule is O=C1NC(Cc2cscn2)c2nc(COc3ccccc3)ncc21. The Morgan fingerprint density at radius 2 is 2.08 bits per heavy atom. The Hall–Kier alpha value is -2.80. The number of hydrogen-bond donors (Lipinski definition) is 1. The lowest BCUT2D eigenvalue weighted by Gasteiger charge is -2.10. The lowest BCUT2D eigenvalue weighted by molar-refractivity contribution is 0.0956. The zero-order chi connectivity index (χ0) is 16.4. The molecule has 6 nitrogen and oxygen atoms in total. The summed E-state index contributed by atoms with van der Waals surface area (Å²) in [4.78, 5) is 25.1. The summed E-state index contributed by atoms with van der Waals surface area (Å²) in [7, 11) is 0. The first-order chi connectivity index (χ1) is 11.8. The van der Waals surface area contributed by atoms with Gasteiger partial charge in [-0.15, -0.1) is 11.3 Å². The summed E-state index contributed by atoms with van der Waals surface area (Å²) in [6.07, 6.45) is 2.20. The molecule has 0 spiro atoms. The molecule has 1 amide bonds. The highest BCUT2D eigenvalue weighted by Gasteiger charge is 2.31. The van der Waals surface area contributed by atoms with Crippen LogP contribution in [0.25, 0.3) is 0 Å². The monoisotopic (exact) mass is 338 g/mol. The number of ether oxygens (including phenoxy) is 1. The third kappa shape index (κ3) is 2.98. The van der Waals surface area contributed by atoms with Gasteiger partial charge in [-0.05, 0) is 12.1 Å². The van der Waals surface area contributed by atoms with Crippen molar-refractivity contribution in [2.24, 2.45) is 0 Å². The van der Waals surface area contributed by atoms with Crippen molar-refractivity contribution in [3.8, 4) is 5.75 Å². The Morgan fingerprint density at radius 3 is 2.88 bits per heavy atom. The fourth-order valence-corrected chi connectivity index (χ4v) is 3.18. The highest BCUT2D eigenvalue weighted by molar-refractivity contribution is 7.07. The van der Waals surface area contributed by atoms with Crippen molar-refractivity contribution in [3.63, 3.8) is 0 Å². The van der Waals surface area contributed by atoms with E-state index in [1.165, 1.54) is 11.3 Å². The molecule has 1 aliphatic rings. The summed E-state index contributed by atoms with van der Waals surface area (Å²) in [5.74, 6) is 1.17. The number of para-hydroxylation sites is 1. The maximum absolute atomic E-state index is 12.1. The minimum absolute atomic E-state index is 0.138. The van der Waals surface area contributed by atoms with Crippen molar-refractivity contribution in [1.82, 2.24) is 20.3 Å². The van der Waals surface area contributed by atoms with Gasteiger partial charge in [0.1, 0.15) is 12.4 Å². The van der Waals surface area contributed by atoms with E-state index in [1.807, 2.05) is 35.7 Å². The Kier molecular flexibility index (Phi) is 3.92. The molecule has 1 aliphatic heterocycles. The third-order valence-electron chi connectivity index (χ3n) is 3.76.